The number of aromatic nitrogens is 3. The minimum absolute atomic E-state index is 0.178. The molecule has 0 saturated heterocycles. The molecule has 0 aliphatic carbocycles. The fourth-order valence-electron chi connectivity index (χ4n) is 2.05. The van der Waals surface area contributed by atoms with Crippen molar-refractivity contribution in [2.75, 3.05) is 0 Å². The minimum Gasteiger partial charge on any atom is -0.480 e. The van der Waals surface area contributed by atoms with Gasteiger partial charge in [0.05, 0.1) is 0 Å². The normalized spacial score (nSPS) is 12.1. The first-order valence-corrected chi connectivity index (χ1v) is 6.96. The number of hydrogen-bond acceptors (Lipinski definition) is 4. The summed E-state index contributed by atoms with van der Waals surface area (Å²) in [5.41, 5.74) is 1.23. The van der Waals surface area contributed by atoms with Gasteiger partial charge in [-0.3, -0.25) is 9.36 Å². The number of carboxylic acids is 1. The van der Waals surface area contributed by atoms with Gasteiger partial charge in [-0.15, -0.1) is 10.2 Å². The SMILES string of the molecule is CC(C)C[C@@H](NC(=O)c1ccc(-n2cnnc2)cc1)C(=O)O. The van der Waals surface area contributed by atoms with Gasteiger partial charge in [0.1, 0.15) is 18.7 Å². The van der Waals surface area contributed by atoms with Crippen molar-refractivity contribution in [2.24, 2.45) is 5.92 Å². The van der Waals surface area contributed by atoms with Crippen LogP contribution in [0.25, 0.3) is 5.69 Å². The first-order chi connectivity index (χ1) is 10.5. The van der Waals surface area contributed by atoms with Crippen molar-refractivity contribution in [1.29, 1.82) is 0 Å². The van der Waals surface area contributed by atoms with Crippen LogP contribution in [0.2, 0.25) is 0 Å². The van der Waals surface area contributed by atoms with Gasteiger partial charge in [-0.05, 0) is 36.6 Å². The van der Waals surface area contributed by atoms with Crippen LogP contribution in [0.1, 0.15) is 30.6 Å². The van der Waals surface area contributed by atoms with Crippen LogP contribution >= 0.6 is 0 Å². The topological polar surface area (TPSA) is 97.1 Å². The summed E-state index contributed by atoms with van der Waals surface area (Å²) in [5.74, 6) is -1.25. The summed E-state index contributed by atoms with van der Waals surface area (Å²) < 4.78 is 1.71. The molecule has 0 unspecified atom stereocenters. The molecule has 0 radical (unpaired) electrons. The van der Waals surface area contributed by atoms with Crippen LogP contribution < -0.4 is 5.32 Å². The highest BCUT2D eigenvalue weighted by Crippen LogP contribution is 2.10. The standard InChI is InChI=1S/C15H18N4O3/c1-10(2)7-13(15(21)22)18-14(20)11-3-5-12(6-4-11)19-8-16-17-9-19/h3-6,8-10,13H,7H2,1-2H3,(H,18,20)(H,21,22)/t13-/m1/s1. The number of amides is 1. The predicted molar refractivity (Wildman–Crippen MR) is 79.7 cm³/mol. The maximum Gasteiger partial charge on any atom is 0.326 e. The first-order valence-electron chi connectivity index (χ1n) is 6.96. The van der Waals surface area contributed by atoms with Gasteiger partial charge in [0, 0.05) is 11.3 Å². The lowest BCUT2D eigenvalue weighted by molar-refractivity contribution is -0.139. The van der Waals surface area contributed by atoms with Crippen LogP contribution in [0, 0.1) is 5.92 Å². The Morgan fingerprint density at radius 2 is 1.77 bits per heavy atom. The summed E-state index contributed by atoms with van der Waals surface area (Å²) >= 11 is 0. The molecule has 1 heterocycles. The Labute approximate surface area is 128 Å². The molecule has 1 aromatic heterocycles. The first kappa shape index (κ1) is 15.7. The van der Waals surface area contributed by atoms with Gasteiger partial charge in [0.2, 0.25) is 0 Å². The number of carboxylic acid groups (broad SMARTS) is 1. The van der Waals surface area contributed by atoms with Gasteiger partial charge in [-0.1, -0.05) is 13.8 Å². The Hall–Kier alpha value is -2.70. The van der Waals surface area contributed by atoms with Crippen LogP contribution in [-0.2, 0) is 4.79 Å². The van der Waals surface area contributed by atoms with Gasteiger partial charge in [-0.25, -0.2) is 4.79 Å². The average molecular weight is 302 g/mol. The van der Waals surface area contributed by atoms with E-state index in [1.165, 1.54) is 0 Å². The van der Waals surface area contributed by atoms with Crippen molar-refractivity contribution < 1.29 is 14.7 Å². The molecule has 0 aliphatic heterocycles. The molecular weight excluding hydrogens is 284 g/mol. The van der Waals surface area contributed by atoms with E-state index in [1.54, 1.807) is 41.5 Å². The van der Waals surface area contributed by atoms with Gasteiger partial charge in [-0.2, -0.15) is 0 Å². The lowest BCUT2D eigenvalue weighted by atomic mass is 10.0. The van der Waals surface area contributed by atoms with E-state index < -0.39 is 17.9 Å². The number of hydrogen-bond donors (Lipinski definition) is 2. The second-order valence-electron chi connectivity index (χ2n) is 5.41. The van der Waals surface area contributed by atoms with Crippen molar-refractivity contribution in [3.05, 3.63) is 42.5 Å². The molecule has 0 spiro atoms. The summed E-state index contributed by atoms with van der Waals surface area (Å²) in [6, 6.07) is 5.88. The van der Waals surface area contributed by atoms with Crippen molar-refractivity contribution in [2.45, 2.75) is 26.3 Å². The maximum absolute atomic E-state index is 12.1. The lowest BCUT2D eigenvalue weighted by Gasteiger charge is -2.16. The molecule has 1 aromatic carbocycles. The number of carbonyl (C=O) groups excluding carboxylic acids is 1. The molecule has 0 saturated carbocycles. The fraction of sp³-hybridized carbons (Fsp3) is 0.333. The van der Waals surface area contributed by atoms with Crippen molar-refractivity contribution in [3.63, 3.8) is 0 Å². The third-order valence-electron chi connectivity index (χ3n) is 3.16. The Bertz CT molecular complexity index is 635. The molecule has 22 heavy (non-hydrogen) atoms. The largest absolute Gasteiger partial charge is 0.480 e. The molecule has 0 fully saturated rings. The van der Waals surface area contributed by atoms with Gasteiger partial charge < -0.3 is 10.4 Å². The Kier molecular flexibility index (Phi) is 4.88. The van der Waals surface area contributed by atoms with Crippen LogP contribution in [-0.4, -0.2) is 37.8 Å². The average Bonchev–Trinajstić information content (AvgIpc) is 3.00. The summed E-state index contributed by atoms with van der Waals surface area (Å²) in [6.07, 6.45) is 3.50. The molecule has 1 amide bonds. The number of aliphatic carboxylic acids is 1. The highest BCUT2D eigenvalue weighted by molar-refractivity contribution is 5.96. The molecule has 7 nitrogen and oxygen atoms in total. The van der Waals surface area contributed by atoms with E-state index in [-0.39, 0.29) is 5.92 Å². The molecule has 0 aliphatic rings. The van der Waals surface area contributed by atoms with E-state index >= 15 is 0 Å². The fourth-order valence-corrected chi connectivity index (χ4v) is 2.05. The quantitative estimate of drug-likeness (QED) is 0.842. The van der Waals surface area contributed by atoms with E-state index in [9.17, 15) is 9.59 Å². The zero-order valence-corrected chi connectivity index (χ0v) is 12.4. The molecule has 2 rings (SSSR count). The third-order valence-corrected chi connectivity index (χ3v) is 3.16. The van der Waals surface area contributed by atoms with Crippen molar-refractivity contribution >= 4 is 11.9 Å². The maximum atomic E-state index is 12.1. The second-order valence-corrected chi connectivity index (χ2v) is 5.41. The molecule has 2 aromatic rings. The predicted octanol–water partition coefficient (Wildman–Crippen LogP) is 1.50. The summed E-state index contributed by atoms with van der Waals surface area (Å²) in [5, 5.41) is 19.1. The highest BCUT2D eigenvalue weighted by atomic mass is 16.4. The van der Waals surface area contributed by atoms with Crippen LogP contribution in [0.3, 0.4) is 0 Å². The number of carbonyl (C=O) groups is 2. The van der Waals surface area contributed by atoms with E-state index in [1.807, 2.05) is 13.8 Å². The number of rotatable bonds is 6. The van der Waals surface area contributed by atoms with E-state index in [4.69, 9.17) is 5.11 Å². The molecule has 116 valence electrons. The van der Waals surface area contributed by atoms with Gasteiger partial charge in [0.15, 0.2) is 0 Å². The Morgan fingerprint density at radius 1 is 1.18 bits per heavy atom. The molecule has 1 atom stereocenters. The number of nitrogens with one attached hydrogen (secondary N) is 1. The third kappa shape index (κ3) is 3.91. The van der Waals surface area contributed by atoms with E-state index in [0.717, 1.165) is 5.69 Å². The summed E-state index contributed by atoms with van der Waals surface area (Å²) in [6.45, 7) is 3.83. The zero-order chi connectivity index (χ0) is 16.1. The smallest absolute Gasteiger partial charge is 0.326 e. The molecule has 2 N–H and O–H groups in total. The monoisotopic (exact) mass is 302 g/mol. The Morgan fingerprint density at radius 3 is 2.27 bits per heavy atom. The minimum atomic E-state index is -1.02. The zero-order valence-electron chi connectivity index (χ0n) is 12.4. The molecular formula is C15H18N4O3. The van der Waals surface area contributed by atoms with Crippen molar-refractivity contribution in [1.82, 2.24) is 20.1 Å². The van der Waals surface area contributed by atoms with Crippen LogP contribution in [0.5, 0.6) is 0 Å². The Balaban J connectivity index is 2.07. The summed E-state index contributed by atoms with van der Waals surface area (Å²) in [4.78, 5) is 23.3. The van der Waals surface area contributed by atoms with E-state index in [2.05, 4.69) is 15.5 Å². The summed E-state index contributed by atoms with van der Waals surface area (Å²) in [7, 11) is 0. The highest BCUT2D eigenvalue weighted by Gasteiger charge is 2.21. The van der Waals surface area contributed by atoms with Crippen LogP contribution in [0.4, 0.5) is 0 Å². The molecule has 0 bridgehead atoms. The lowest BCUT2D eigenvalue weighted by Crippen LogP contribution is -2.41. The number of nitrogens with zero attached hydrogens (tertiary/aromatic N) is 3. The molecule has 7 heteroatoms. The van der Waals surface area contributed by atoms with Gasteiger partial charge >= 0.3 is 5.97 Å². The van der Waals surface area contributed by atoms with E-state index in [0.29, 0.717) is 12.0 Å². The van der Waals surface area contributed by atoms with Crippen LogP contribution in [0.15, 0.2) is 36.9 Å². The number of benzene rings is 1. The van der Waals surface area contributed by atoms with Gasteiger partial charge in [0.25, 0.3) is 5.91 Å². The second kappa shape index (κ2) is 6.84. The van der Waals surface area contributed by atoms with Crippen molar-refractivity contribution in [3.8, 4) is 5.69 Å².